The molecule has 3 atom stereocenters. The van der Waals surface area contributed by atoms with E-state index in [4.69, 9.17) is 0 Å². The minimum atomic E-state index is -0.124. The van der Waals surface area contributed by atoms with Crippen molar-refractivity contribution in [1.82, 2.24) is 0 Å². The molecule has 0 spiro atoms. The molecule has 0 radical (unpaired) electrons. The van der Waals surface area contributed by atoms with Gasteiger partial charge in [-0.3, -0.25) is 0 Å². The third-order valence-electron chi connectivity index (χ3n) is 14.8. The van der Waals surface area contributed by atoms with E-state index in [1.165, 1.54) is 136 Å². The molecule has 1 nitrogen and oxygen atoms in total. The van der Waals surface area contributed by atoms with E-state index in [9.17, 15) is 0 Å². The fourth-order valence-corrected chi connectivity index (χ4v) is 11.7. The van der Waals surface area contributed by atoms with Crippen molar-refractivity contribution in [3.8, 4) is 33.4 Å². The average molecular weight is 740 g/mol. The topological polar surface area (TPSA) is 3.24 Å². The number of nitrogens with zero attached hydrogens (tertiary/aromatic N) is 1. The maximum Gasteiger partial charge on any atom is 0.0540 e. The van der Waals surface area contributed by atoms with Gasteiger partial charge in [-0.2, -0.15) is 0 Å². The fraction of sp³-hybridized carbons (Fsp3) is 0.286. The number of rotatable bonds is 7. The molecule has 1 heteroatoms. The quantitative estimate of drug-likeness (QED) is 0.157. The van der Waals surface area contributed by atoms with Crippen molar-refractivity contribution in [3.05, 3.63) is 174 Å². The van der Waals surface area contributed by atoms with Gasteiger partial charge in [-0.1, -0.05) is 149 Å². The van der Waals surface area contributed by atoms with E-state index in [-0.39, 0.29) is 5.41 Å². The Morgan fingerprint density at radius 1 is 0.491 bits per heavy atom. The average Bonchev–Trinajstić information content (AvgIpc) is 3.97. The largest absolute Gasteiger partial charge is 0.310 e. The van der Waals surface area contributed by atoms with Gasteiger partial charge in [0.05, 0.1) is 5.69 Å². The van der Waals surface area contributed by atoms with E-state index in [2.05, 4.69) is 170 Å². The van der Waals surface area contributed by atoms with Gasteiger partial charge in [-0.15, -0.1) is 0 Å². The number of fused-ring (bicyclic) bond motifs is 6. The number of hydrogen-bond donors (Lipinski definition) is 0. The molecule has 4 aliphatic carbocycles. The standard InChI is InChI=1S/C56H53N/c1-56(2)53-31-26-45(41-20-18-40(19-21-41)38-10-5-3-6-11-38)35-52(53)49-30-29-48(36-54(49)56)57(47-27-24-43(25-28-47)50-33-37-16-17-46(50)32-37)55-15-9-14-42-22-23-44(34-51(42)55)39-12-7-4-8-13-39/h3,5-6,9-11,14-15,18-31,34-37,39,46,50H,4,7-8,12-13,16-17,32-33H2,1-2H3. The molecule has 0 aromatic heterocycles. The maximum atomic E-state index is 2.57. The summed E-state index contributed by atoms with van der Waals surface area (Å²) in [5, 5.41) is 2.66. The first-order chi connectivity index (χ1) is 28.0. The van der Waals surface area contributed by atoms with Crippen LogP contribution in [-0.4, -0.2) is 0 Å². The maximum absolute atomic E-state index is 2.57. The highest BCUT2D eigenvalue weighted by Gasteiger charge is 2.40. The third kappa shape index (κ3) is 6.05. The van der Waals surface area contributed by atoms with Gasteiger partial charge in [0.1, 0.15) is 0 Å². The van der Waals surface area contributed by atoms with E-state index < -0.39 is 0 Å². The second kappa shape index (κ2) is 13.9. The van der Waals surface area contributed by atoms with Gasteiger partial charge < -0.3 is 4.90 Å². The summed E-state index contributed by atoms with van der Waals surface area (Å²) in [7, 11) is 0. The summed E-state index contributed by atoms with van der Waals surface area (Å²) >= 11 is 0. The Morgan fingerprint density at radius 2 is 1.21 bits per heavy atom. The first-order valence-corrected chi connectivity index (χ1v) is 21.9. The van der Waals surface area contributed by atoms with Crippen LogP contribution in [0.4, 0.5) is 17.1 Å². The minimum absolute atomic E-state index is 0.124. The van der Waals surface area contributed by atoms with Crippen LogP contribution >= 0.6 is 0 Å². The molecule has 0 N–H and O–H groups in total. The predicted octanol–water partition coefficient (Wildman–Crippen LogP) is 15.9. The fourth-order valence-electron chi connectivity index (χ4n) is 11.7. The summed E-state index contributed by atoms with van der Waals surface area (Å²) in [6.07, 6.45) is 12.4. The summed E-state index contributed by atoms with van der Waals surface area (Å²) in [6.45, 7) is 4.83. The zero-order valence-corrected chi connectivity index (χ0v) is 33.6. The Morgan fingerprint density at radius 3 is 1.96 bits per heavy atom. The summed E-state index contributed by atoms with van der Waals surface area (Å²) in [5.41, 5.74) is 17.2. The summed E-state index contributed by atoms with van der Waals surface area (Å²) in [4.78, 5) is 2.57. The highest BCUT2D eigenvalue weighted by Crippen LogP contribution is 2.54. The van der Waals surface area contributed by atoms with Crippen LogP contribution in [0.2, 0.25) is 0 Å². The van der Waals surface area contributed by atoms with E-state index in [1.807, 2.05) is 0 Å². The lowest BCUT2D eigenvalue weighted by Crippen LogP contribution is -2.17. The van der Waals surface area contributed by atoms with Gasteiger partial charge in [-0.05, 0) is 159 Å². The molecule has 57 heavy (non-hydrogen) atoms. The van der Waals surface area contributed by atoms with E-state index >= 15 is 0 Å². The van der Waals surface area contributed by atoms with Crippen LogP contribution < -0.4 is 4.90 Å². The van der Waals surface area contributed by atoms with E-state index in [0.29, 0.717) is 5.92 Å². The van der Waals surface area contributed by atoms with Crippen molar-refractivity contribution >= 4 is 27.8 Å². The summed E-state index contributed by atoms with van der Waals surface area (Å²) < 4.78 is 0. The molecule has 11 rings (SSSR count). The van der Waals surface area contributed by atoms with Gasteiger partial charge in [0.2, 0.25) is 0 Å². The monoisotopic (exact) mass is 739 g/mol. The van der Waals surface area contributed by atoms with Crippen molar-refractivity contribution in [2.45, 2.75) is 88.9 Å². The molecule has 7 aromatic carbocycles. The first kappa shape index (κ1) is 34.8. The molecule has 0 heterocycles. The molecule has 0 saturated heterocycles. The molecular formula is C56H53N. The SMILES string of the molecule is CC1(C)c2ccc(-c3ccc(-c4ccccc4)cc3)cc2-c2ccc(N(c3ccc(C4CC5CCC4C5)cc3)c3cccc4ccc(C5CCCCC5)cc34)cc21. The van der Waals surface area contributed by atoms with Crippen LogP contribution in [0.1, 0.15) is 106 Å². The van der Waals surface area contributed by atoms with Gasteiger partial charge in [0, 0.05) is 22.2 Å². The number of anilines is 3. The van der Waals surface area contributed by atoms with Crippen LogP contribution in [0.5, 0.6) is 0 Å². The zero-order valence-electron chi connectivity index (χ0n) is 33.6. The minimum Gasteiger partial charge on any atom is -0.310 e. The van der Waals surface area contributed by atoms with Gasteiger partial charge in [-0.25, -0.2) is 0 Å². The van der Waals surface area contributed by atoms with E-state index in [1.54, 1.807) is 5.56 Å². The van der Waals surface area contributed by atoms with Crippen molar-refractivity contribution in [3.63, 3.8) is 0 Å². The molecule has 2 bridgehead atoms. The first-order valence-electron chi connectivity index (χ1n) is 21.9. The second-order valence-electron chi connectivity index (χ2n) is 18.4. The highest BCUT2D eigenvalue weighted by molar-refractivity contribution is 6.00. The molecule has 282 valence electrons. The van der Waals surface area contributed by atoms with Crippen molar-refractivity contribution in [1.29, 1.82) is 0 Å². The zero-order chi connectivity index (χ0) is 38.1. The lowest BCUT2D eigenvalue weighted by molar-refractivity contribution is 0.420. The molecule has 0 aliphatic heterocycles. The Bertz CT molecular complexity index is 2590. The molecule has 3 saturated carbocycles. The Labute approximate surface area is 339 Å². The molecule has 3 fully saturated rings. The number of benzene rings is 7. The summed E-state index contributed by atoms with van der Waals surface area (Å²) in [6, 6.07) is 58.2. The van der Waals surface area contributed by atoms with Crippen molar-refractivity contribution < 1.29 is 0 Å². The predicted molar refractivity (Wildman–Crippen MR) is 241 cm³/mol. The van der Waals surface area contributed by atoms with Gasteiger partial charge in [0.15, 0.2) is 0 Å². The van der Waals surface area contributed by atoms with Crippen LogP contribution in [0.3, 0.4) is 0 Å². The van der Waals surface area contributed by atoms with Crippen molar-refractivity contribution in [2.24, 2.45) is 11.8 Å². The normalized spacial score (nSPS) is 20.8. The Hall–Kier alpha value is -5.40. The molecule has 7 aromatic rings. The van der Waals surface area contributed by atoms with Crippen LogP contribution in [0.15, 0.2) is 152 Å². The van der Waals surface area contributed by atoms with Gasteiger partial charge >= 0.3 is 0 Å². The van der Waals surface area contributed by atoms with Crippen LogP contribution in [0.25, 0.3) is 44.2 Å². The van der Waals surface area contributed by atoms with E-state index in [0.717, 1.165) is 17.8 Å². The Balaban J connectivity index is 1.00. The van der Waals surface area contributed by atoms with Crippen molar-refractivity contribution in [2.75, 3.05) is 4.90 Å². The molecule has 0 amide bonds. The molecular weight excluding hydrogens is 687 g/mol. The number of hydrogen-bond acceptors (Lipinski definition) is 1. The van der Waals surface area contributed by atoms with Crippen LogP contribution in [0, 0.1) is 11.8 Å². The molecule has 3 unspecified atom stereocenters. The second-order valence-corrected chi connectivity index (χ2v) is 18.4. The Kier molecular flexibility index (Phi) is 8.50. The lowest BCUT2D eigenvalue weighted by Gasteiger charge is -2.30. The highest BCUT2D eigenvalue weighted by atomic mass is 15.1. The van der Waals surface area contributed by atoms with Crippen LogP contribution in [-0.2, 0) is 5.41 Å². The van der Waals surface area contributed by atoms with Gasteiger partial charge in [0.25, 0.3) is 0 Å². The third-order valence-corrected chi connectivity index (χ3v) is 14.8. The summed E-state index contributed by atoms with van der Waals surface area (Å²) in [5.74, 6) is 3.22. The molecule has 4 aliphatic rings. The lowest BCUT2D eigenvalue weighted by atomic mass is 9.82. The smallest absolute Gasteiger partial charge is 0.0540 e.